The minimum absolute atomic E-state index is 0.219. The topological polar surface area (TPSA) is 62.3 Å². The van der Waals surface area contributed by atoms with E-state index in [2.05, 4.69) is 22.4 Å². The van der Waals surface area contributed by atoms with E-state index in [9.17, 15) is 9.59 Å². The zero-order chi connectivity index (χ0) is 17.9. The van der Waals surface area contributed by atoms with Crippen molar-refractivity contribution in [3.05, 3.63) is 82.4 Å². The first-order valence-corrected chi connectivity index (χ1v) is 9.28. The number of hydrogen-bond donors (Lipinski definition) is 1. The maximum atomic E-state index is 12.4. The normalized spacial score (nSPS) is 13.2. The predicted octanol–water partition coefficient (Wildman–Crippen LogP) is 3.59. The van der Waals surface area contributed by atoms with Crippen molar-refractivity contribution < 1.29 is 9.59 Å². The lowest BCUT2D eigenvalue weighted by molar-refractivity contribution is 0.0656. The van der Waals surface area contributed by atoms with Gasteiger partial charge >= 0.3 is 0 Å². The number of rotatable bonds is 6. The van der Waals surface area contributed by atoms with Crippen molar-refractivity contribution in [2.24, 2.45) is 0 Å². The molecule has 6 heteroatoms. The Morgan fingerprint density at radius 1 is 0.923 bits per heavy atom. The molecule has 1 aliphatic heterocycles. The number of nitrogens with zero attached hydrogens (tertiary/aromatic N) is 2. The van der Waals surface area contributed by atoms with E-state index in [1.807, 2.05) is 23.6 Å². The summed E-state index contributed by atoms with van der Waals surface area (Å²) in [4.78, 5) is 30.6. The van der Waals surface area contributed by atoms with Gasteiger partial charge in [0.2, 0.25) is 0 Å². The van der Waals surface area contributed by atoms with Crippen LogP contribution in [0.4, 0.5) is 5.13 Å². The van der Waals surface area contributed by atoms with Gasteiger partial charge in [-0.15, -0.1) is 11.3 Å². The van der Waals surface area contributed by atoms with Crippen LogP contribution in [0.3, 0.4) is 0 Å². The second-order valence-electron chi connectivity index (χ2n) is 6.04. The van der Waals surface area contributed by atoms with Crippen molar-refractivity contribution >= 4 is 28.3 Å². The molecular weight excluding hydrogens is 346 g/mol. The van der Waals surface area contributed by atoms with Crippen molar-refractivity contribution in [2.45, 2.75) is 13.0 Å². The highest BCUT2D eigenvalue weighted by molar-refractivity contribution is 7.13. The van der Waals surface area contributed by atoms with E-state index in [4.69, 9.17) is 0 Å². The molecule has 26 heavy (non-hydrogen) atoms. The fourth-order valence-electron chi connectivity index (χ4n) is 2.95. The van der Waals surface area contributed by atoms with Gasteiger partial charge in [-0.2, -0.15) is 0 Å². The molecule has 1 N–H and O–H groups in total. The van der Waals surface area contributed by atoms with Gasteiger partial charge in [-0.1, -0.05) is 42.5 Å². The number of thiazole rings is 1. The van der Waals surface area contributed by atoms with Crippen LogP contribution >= 0.6 is 11.3 Å². The summed E-state index contributed by atoms with van der Waals surface area (Å²) in [5.41, 5.74) is 3.04. The van der Waals surface area contributed by atoms with Gasteiger partial charge in [0, 0.05) is 24.9 Å². The maximum Gasteiger partial charge on any atom is 0.261 e. The molecule has 2 heterocycles. The van der Waals surface area contributed by atoms with Gasteiger partial charge < -0.3 is 5.32 Å². The lowest BCUT2D eigenvalue weighted by atomic mass is 10.1. The molecule has 5 nitrogen and oxygen atoms in total. The second-order valence-corrected chi connectivity index (χ2v) is 6.90. The van der Waals surface area contributed by atoms with Crippen molar-refractivity contribution in [1.29, 1.82) is 0 Å². The first-order valence-electron chi connectivity index (χ1n) is 8.40. The summed E-state index contributed by atoms with van der Waals surface area (Å²) in [6.45, 7) is 1.06. The molecular formula is C20H17N3O2S. The first kappa shape index (κ1) is 16.5. The molecule has 0 saturated carbocycles. The zero-order valence-electron chi connectivity index (χ0n) is 14.0. The average Bonchev–Trinajstić information content (AvgIpc) is 3.23. The van der Waals surface area contributed by atoms with E-state index < -0.39 is 0 Å². The zero-order valence-corrected chi connectivity index (χ0v) is 14.8. The highest BCUT2D eigenvalue weighted by Gasteiger charge is 2.34. The molecule has 2 aromatic carbocycles. The summed E-state index contributed by atoms with van der Waals surface area (Å²) in [7, 11) is 0. The summed E-state index contributed by atoms with van der Waals surface area (Å²) in [6.07, 6.45) is 0.551. The van der Waals surface area contributed by atoms with Crippen molar-refractivity contribution in [2.75, 3.05) is 11.9 Å². The molecule has 0 radical (unpaired) electrons. The van der Waals surface area contributed by atoms with E-state index in [-0.39, 0.29) is 11.8 Å². The first-order chi connectivity index (χ1) is 12.7. The summed E-state index contributed by atoms with van der Waals surface area (Å²) in [6, 6.07) is 17.1. The third-order valence-electron chi connectivity index (χ3n) is 4.31. The smallest absolute Gasteiger partial charge is 0.261 e. The van der Waals surface area contributed by atoms with Gasteiger partial charge in [0.05, 0.1) is 16.8 Å². The van der Waals surface area contributed by atoms with Crippen LogP contribution in [0.5, 0.6) is 0 Å². The molecule has 1 aliphatic rings. The Labute approximate surface area is 155 Å². The third kappa shape index (κ3) is 3.23. The minimum Gasteiger partial charge on any atom is -0.357 e. The number of hydrogen-bond acceptors (Lipinski definition) is 5. The van der Waals surface area contributed by atoms with Gasteiger partial charge in [-0.25, -0.2) is 4.98 Å². The van der Waals surface area contributed by atoms with Crippen LogP contribution in [-0.4, -0.2) is 28.2 Å². The number of anilines is 1. The number of benzene rings is 2. The molecule has 3 aromatic rings. The van der Waals surface area contributed by atoms with Crippen LogP contribution in [0.25, 0.3) is 0 Å². The number of amides is 2. The molecule has 0 unspecified atom stereocenters. The van der Waals surface area contributed by atoms with Crippen LogP contribution in [0.1, 0.15) is 32.0 Å². The van der Waals surface area contributed by atoms with Gasteiger partial charge in [0.1, 0.15) is 0 Å². The van der Waals surface area contributed by atoms with Crippen LogP contribution in [0.2, 0.25) is 0 Å². The second kappa shape index (κ2) is 7.09. The molecule has 4 rings (SSSR count). The Bertz CT molecular complexity index is 917. The van der Waals surface area contributed by atoms with E-state index in [0.717, 1.165) is 10.8 Å². The largest absolute Gasteiger partial charge is 0.357 e. The predicted molar refractivity (Wildman–Crippen MR) is 101 cm³/mol. The Morgan fingerprint density at radius 2 is 1.58 bits per heavy atom. The Balaban J connectivity index is 1.35. The standard InChI is InChI=1S/C20H17N3O2S/c24-18-16-8-4-5-9-17(16)19(25)23(18)11-10-15-13-26-20(22-15)21-12-14-6-2-1-3-7-14/h1-9,13H,10-12H2,(H,21,22). The molecule has 130 valence electrons. The Kier molecular flexibility index (Phi) is 4.50. The number of carbonyl (C=O) groups excluding carboxylic acids is 2. The summed E-state index contributed by atoms with van der Waals surface area (Å²) >= 11 is 1.53. The number of imide groups is 1. The molecule has 0 atom stereocenters. The highest BCUT2D eigenvalue weighted by atomic mass is 32.1. The lowest BCUT2D eigenvalue weighted by Gasteiger charge is -2.12. The summed E-state index contributed by atoms with van der Waals surface area (Å²) in [5, 5.41) is 6.10. The molecule has 2 amide bonds. The molecule has 0 bridgehead atoms. The van der Waals surface area contributed by atoms with Gasteiger partial charge in [0.15, 0.2) is 5.13 Å². The fraction of sp³-hybridized carbons (Fsp3) is 0.150. The Hall–Kier alpha value is -2.99. The molecule has 0 saturated heterocycles. The molecule has 0 spiro atoms. The van der Waals surface area contributed by atoms with E-state index in [0.29, 0.717) is 30.6 Å². The summed E-state index contributed by atoms with van der Waals surface area (Å²) in [5.74, 6) is -0.438. The van der Waals surface area contributed by atoms with Crippen LogP contribution < -0.4 is 5.32 Å². The minimum atomic E-state index is -0.219. The number of carbonyl (C=O) groups is 2. The summed E-state index contributed by atoms with van der Waals surface area (Å²) < 4.78 is 0. The van der Waals surface area contributed by atoms with E-state index in [1.165, 1.54) is 21.8 Å². The molecule has 1 aromatic heterocycles. The van der Waals surface area contributed by atoms with Crippen LogP contribution in [0, 0.1) is 0 Å². The fourth-order valence-corrected chi connectivity index (χ4v) is 3.69. The van der Waals surface area contributed by atoms with E-state index >= 15 is 0 Å². The van der Waals surface area contributed by atoms with Crippen molar-refractivity contribution in [3.63, 3.8) is 0 Å². The third-order valence-corrected chi connectivity index (χ3v) is 5.16. The van der Waals surface area contributed by atoms with Crippen LogP contribution in [0.15, 0.2) is 60.0 Å². The maximum absolute atomic E-state index is 12.4. The van der Waals surface area contributed by atoms with E-state index in [1.54, 1.807) is 24.3 Å². The molecule has 0 aliphatic carbocycles. The van der Waals surface area contributed by atoms with Crippen molar-refractivity contribution in [3.8, 4) is 0 Å². The van der Waals surface area contributed by atoms with Crippen LogP contribution in [-0.2, 0) is 13.0 Å². The van der Waals surface area contributed by atoms with Gasteiger partial charge in [-0.3, -0.25) is 14.5 Å². The SMILES string of the molecule is O=C1c2ccccc2C(=O)N1CCc1csc(NCc2ccccc2)n1. The van der Waals surface area contributed by atoms with Gasteiger partial charge in [-0.05, 0) is 17.7 Å². The number of fused-ring (bicyclic) bond motifs is 1. The number of aromatic nitrogens is 1. The number of nitrogens with one attached hydrogen (secondary N) is 1. The van der Waals surface area contributed by atoms with Crippen molar-refractivity contribution in [1.82, 2.24) is 9.88 Å². The molecule has 0 fully saturated rings. The monoisotopic (exact) mass is 363 g/mol. The quantitative estimate of drug-likeness (QED) is 0.680. The average molecular weight is 363 g/mol. The highest BCUT2D eigenvalue weighted by Crippen LogP contribution is 2.23. The lowest BCUT2D eigenvalue weighted by Crippen LogP contribution is -2.31. The van der Waals surface area contributed by atoms with Gasteiger partial charge in [0.25, 0.3) is 11.8 Å². The Morgan fingerprint density at radius 3 is 2.27 bits per heavy atom.